The largest absolute Gasteiger partial charge is 0.490 e. The Balaban J connectivity index is 1.25. The molecule has 9 heteroatoms. The van der Waals surface area contributed by atoms with Gasteiger partial charge in [0.25, 0.3) is 0 Å². The van der Waals surface area contributed by atoms with Gasteiger partial charge in [-0.3, -0.25) is 4.98 Å². The van der Waals surface area contributed by atoms with Gasteiger partial charge in [0.1, 0.15) is 24.3 Å². The zero-order valence-electron chi connectivity index (χ0n) is 22.1. The number of hydrogen-bond donors (Lipinski definition) is 1. The van der Waals surface area contributed by atoms with Crippen molar-refractivity contribution in [3.8, 4) is 22.8 Å². The minimum Gasteiger partial charge on any atom is -0.490 e. The van der Waals surface area contributed by atoms with Crippen molar-refractivity contribution >= 4 is 22.3 Å². The van der Waals surface area contributed by atoms with Gasteiger partial charge in [0, 0.05) is 57.6 Å². The normalized spacial score (nSPS) is 19.2. The minimum absolute atomic E-state index is 0.107. The van der Waals surface area contributed by atoms with Gasteiger partial charge in [-0.25, -0.2) is 13.8 Å². The summed E-state index contributed by atoms with van der Waals surface area (Å²) in [7, 11) is 3.98. The lowest BCUT2D eigenvalue weighted by atomic mass is 9.76. The van der Waals surface area contributed by atoms with Crippen LogP contribution in [0.1, 0.15) is 38.5 Å². The molecule has 3 aliphatic rings. The summed E-state index contributed by atoms with van der Waals surface area (Å²) in [5, 5.41) is 4.09. The van der Waals surface area contributed by atoms with Gasteiger partial charge in [-0.05, 0) is 44.6 Å². The number of pyridine rings is 2. The molecule has 38 heavy (non-hydrogen) atoms. The van der Waals surface area contributed by atoms with Gasteiger partial charge in [-0.15, -0.1) is 0 Å². The van der Waals surface area contributed by atoms with Gasteiger partial charge in [-0.1, -0.05) is 0 Å². The van der Waals surface area contributed by atoms with E-state index >= 15 is 4.39 Å². The predicted molar refractivity (Wildman–Crippen MR) is 146 cm³/mol. The summed E-state index contributed by atoms with van der Waals surface area (Å²) in [6.45, 7) is 3.51. The second kappa shape index (κ2) is 10.2. The van der Waals surface area contributed by atoms with Crippen molar-refractivity contribution in [2.24, 2.45) is 0 Å². The number of ether oxygens (including phenoxy) is 2. The highest BCUT2D eigenvalue weighted by atomic mass is 19.1. The first-order valence-corrected chi connectivity index (χ1v) is 13.6. The molecule has 7 nitrogen and oxygen atoms in total. The van der Waals surface area contributed by atoms with Crippen LogP contribution in [-0.2, 0) is 0 Å². The molecule has 1 N–H and O–H groups in total. The van der Waals surface area contributed by atoms with Crippen LogP contribution in [0, 0.1) is 5.82 Å². The first-order chi connectivity index (χ1) is 18.5. The topological polar surface area (TPSA) is 62.8 Å². The summed E-state index contributed by atoms with van der Waals surface area (Å²) in [5.74, 6) is 0.628. The standard InChI is InChI=1S/C29H35F2N5O2/c1-32-23-17-33-22-15-21(31)25(28-26(22)27(23)35(2)29(18-38-28)9-3-10-29)19-5-6-24(34-16-19)37-14-4-11-36-12-7-20(30)8-13-36/h5-6,15-17,20,32H,3-4,7-14,18H2,1-2H3. The van der Waals surface area contributed by atoms with Crippen LogP contribution in [0.15, 0.2) is 30.6 Å². The third-order valence-corrected chi connectivity index (χ3v) is 8.53. The Kier molecular flexibility index (Phi) is 6.72. The number of piperidine rings is 1. The molecule has 0 bridgehead atoms. The second-order valence-electron chi connectivity index (χ2n) is 10.8. The van der Waals surface area contributed by atoms with E-state index in [9.17, 15) is 4.39 Å². The first-order valence-electron chi connectivity index (χ1n) is 13.6. The van der Waals surface area contributed by atoms with Crippen LogP contribution in [0.25, 0.3) is 22.0 Å². The fraction of sp³-hybridized carbons (Fsp3) is 0.517. The van der Waals surface area contributed by atoms with Crippen molar-refractivity contribution in [2.45, 2.75) is 50.2 Å². The van der Waals surface area contributed by atoms with Crippen LogP contribution in [0.3, 0.4) is 0 Å². The number of aromatic nitrogens is 2. The van der Waals surface area contributed by atoms with E-state index in [1.807, 2.05) is 13.1 Å². The molecule has 1 spiro atoms. The van der Waals surface area contributed by atoms with Crippen LogP contribution in [0.5, 0.6) is 11.6 Å². The van der Waals surface area contributed by atoms with E-state index < -0.39 is 6.17 Å². The van der Waals surface area contributed by atoms with Gasteiger partial charge in [-0.2, -0.15) is 0 Å². The third-order valence-electron chi connectivity index (χ3n) is 8.53. The maximum absolute atomic E-state index is 15.6. The molecule has 202 valence electrons. The molecule has 0 unspecified atom stereocenters. The van der Waals surface area contributed by atoms with Crippen LogP contribution >= 0.6 is 0 Å². The number of benzene rings is 1. The number of anilines is 2. The number of hydrogen-bond acceptors (Lipinski definition) is 7. The van der Waals surface area contributed by atoms with Crippen molar-refractivity contribution in [3.63, 3.8) is 0 Å². The molecule has 2 aromatic heterocycles. The van der Waals surface area contributed by atoms with E-state index in [0.29, 0.717) is 54.3 Å². The van der Waals surface area contributed by atoms with Crippen molar-refractivity contribution in [2.75, 3.05) is 57.2 Å². The van der Waals surface area contributed by atoms with Gasteiger partial charge in [0.2, 0.25) is 5.88 Å². The number of rotatable bonds is 7. The fourth-order valence-corrected chi connectivity index (χ4v) is 6.03. The zero-order chi connectivity index (χ0) is 26.3. The van der Waals surface area contributed by atoms with Crippen LogP contribution < -0.4 is 19.7 Å². The Bertz CT molecular complexity index is 1310. The van der Waals surface area contributed by atoms with Gasteiger partial charge in [0.15, 0.2) is 0 Å². The van der Waals surface area contributed by atoms with Gasteiger partial charge >= 0.3 is 0 Å². The van der Waals surface area contributed by atoms with Crippen LogP contribution in [0.2, 0.25) is 0 Å². The predicted octanol–water partition coefficient (Wildman–Crippen LogP) is 5.43. The second-order valence-corrected chi connectivity index (χ2v) is 10.8. The Morgan fingerprint density at radius 1 is 1.18 bits per heavy atom. The highest BCUT2D eigenvalue weighted by Crippen LogP contribution is 2.52. The van der Waals surface area contributed by atoms with E-state index in [4.69, 9.17) is 9.47 Å². The van der Waals surface area contributed by atoms with E-state index in [1.54, 1.807) is 18.5 Å². The van der Waals surface area contributed by atoms with Crippen molar-refractivity contribution in [3.05, 3.63) is 36.4 Å². The summed E-state index contributed by atoms with van der Waals surface area (Å²) in [6, 6.07) is 5.10. The number of alkyl halides is 1. The Hall–Kier alpha value is -3.20. The molecule has 2 aliphatic heterocycles. The summed E-state index contributed by atoms with van der Waals surface area (Å²) in [4.78, 5) is 13.6. The summed E-state index contributed by atoms with van der Waals surface area (Å²) in [5.41, 5.74) is 3.38. The molecule has 3 aromatic rings. The molecular formula is C29H35F2N5O2. The number of nitrogens with zero attached hydrogens (tertiary/aromatic N) is 4. The van der Waals surface area contributed by atoms with E-state index in [-0.39, 0.29) is 11.4 Å². The number of halogens is 2. The zero-order valence-corrected chi connectivity index (χ0v) is 22.1. The summed E-state index contributed by atoms with van der Waals surface area (Å²) < 4.78 is 41.2. The molecule has 0 atom stereocenters. The molecule has 1 aliphatic carbocycles. The smallest absolute Gasteiger partial charge is 0.213 e. The molecule has 0 radical (unpaired) electrons. The van der Waals surface area contributed by atoms with E-state index in [0.717, 1.165) is 62.1 Å². The average Bonchev–Trinajstić information content (AvgIpc) is 3.04. The van der Waals surface area contributed by atoms with Crippen LogP contribution in [0.4, 0.5) is 20.2 Å². The van der Waals surface area contributed by atoms with Crippen molar-refractivity contribution < 1.29 is 18.3 Å². The van der Waals surface area contributed by atoms with Crippen molar-refractivity contribution in [1.29, 1.82) is 0 Å². The SMILES string of the molecule is CNc1cnc2cc(F)c(-c3ccc(OCCCN4CCC(F)CC4)nc3)c3c2c1N(C)C1(CCC1)CO3. The monoisotopic (exact) mass is 523 g/mol. The molecule has 4 heterocycles. The molecule has 2 fully saturated rings. The minimum atomic E-state index is -0.657. The maximum Gasteiger partial charge on any atom is 0.213 e. The number of nitrogens with one attached hydrogen (secondary N) is 1. The Morgan fingerprint density at radius 3 is 2.68 bits per heavy atom. The third kappa shape index (κ3) is 4.40. The molecule has 1 saturated heterocycles. The average molecular weight is 524 g/mol. The number of likely N-dealkylation sites (tertiary alicyclic amines) is 1. The molecule has 0 amide bonds. The lowest BCUT2D eigenvalue weighted by molar-refractivity contribution is 0.141. The summed E-state index contributed by atoms with van der Waals surface area (Å²) in [6.07, 6.45) is 8.05. The summed E-state index contributed by atoms with van der Waals surface area (Å²) >= 11 is 0. The van der Waals surface area contributed by atoms with Gasteiger partial charge in [0.05, 0.1) is 46.2 Å². The Morgan fingerprint density at radius 2 is 2.00 bits per heavy atom. The fourth-order valence-electron chi connectivity index (χ4n) is 6.03. The molecule has 6 rings (SSSR count). The quantitative estimate of drug-likeness (QED) is 0.414. The highest BCUT2D eigenvalue weighted by molar-refractivity contribution is 6.06. The lowest BCUT2D eigenvalue weighted by Crippen LogP contribution is -2.55. The molecule has 1 saturated carbocycles. The molecule has 1 aromatic carbocycles. The maximum atomic E-state index is 15.6. The lowest BCUT2D eigenvalue weighted by Gasteiger charge is -2.48. The van der Waals surface area contributed by atoms with E-state index in [1.165, 1.54) is 6.07 Å². The molecular weight excluding hydrogens is 488 g/mol. The van der Waals surface area contributed by atoms with Gasteiger partial charge < -0.3 is 24.6 Å². The Labute approximate surface area is 222 Å². The van der Waals surface area contributed by atoms with Crippen LogP contribution in [-0.4, -0.2) is 73.5 Å². The van der Waals surface area contributed by atoms with E-state index in [2.05, 4.69) is 32.1 Å². The van der Waals surface area contributed by atoms with Crippen molar-refractivity contribution in [1.82, 2.24) is 14.9 Å². The number of likely N-dealkylation sites (N-methyl/N-ethyl adjacent to an activating group) is 1. The highest BCUT2D eigenvalue weighted by Gasteiger charge is 2.45. The first kappa shape index (κ1) is 25.1.